The Kier molecular flexibility index (Phi) is 9.12. The molecule has 1 amide bonds. The lowest BCUT2D eigenvalue weighted by Gasteiger charge is -2.12. The van der Waals surface area contributed by atoms with E-state index >= 15 is 0 Å². The summed E-state index contributed by atoms with van der Waals surface area (Å²) in [4.78, 5) is 16.7. The van der Waals surface area contributed by atoms with E-state index in [0.717, 1.165) is 19.3 Å². The minimum atomic E-state index is -3.69. The van der Waals surface area contributed by atoms with Gasteiger partial charge in [-0.05, 0) is 62.6 Å². The van der Waals surface area contributed by atoms with Crippen molar-refractivity contribution in [3.05, 3.63) is 48.5 Å². The van der Waals surface area contributed by atoms with Gasteiger partial charge >= 0.3 is 0 Å². The number of para-hydroxylation sites is 2. The molecule has 0 radical (unpaired) electrons. The average molecular weight is 474 g/mol. The van der Waals surface area contributed by atoms with Crippen LogP contribution in [0.5, 0.6) is 11.5 Å². The Morgan fingerprint density at radius 2 is 1.73 bits per heavy atom. The third-order valence-electron chi connectivity index (χ3n) is 5.03. The smallest absolute Gasteiger partial charge is 0.262 e. The Labute approximate surface area is 195 Å². The molecule has 1 aliphatic heterocycles. The summed E-state index contributed by atoms with van der Waals surface area (Å²) in [6, 6.07) is 13.5. The van der Waals surface area contributed by atoms with Crippen LogP contribution in [0.4, 0.5) is 5.69 Å². The molecule has 0 aromatic heterocycles. The molecule has 0 bridgehead atoms. The van der Waals surface area contributed by atoms with E-state index in [1.54, 1.807) is 12.1 Å². The second-order valence-corrected chi connectivity index (χ2v) is 9.33. The van der Waals surface area contributed by atoms with Gasteiger partial charge in [-0.25, -0.2) is 8.42 Å². The fraction of sp³-hybridized carbons (Fsp3) is 0.417. The van der Waals surface area contributed by atoms with E-state index in [1.165, 1.54) is 12.1 Å². The van der Waals surface area contributed by atoms with E-state index in [0.29, 0.717) is 55.6 Å². The molecule has 33 heavy (non-hydrogen) atoms. The zero-order valence-electron chi connectivity index (χ0n) is 18.9. The molecule has 2 aromatic rings. The molecule has 0 aliphatic carbocycles. The van der Waals surface area contributed by atoms with Crippen molar-refractivity contribution in [3.8, 4) is 11.5 Å². The Balaban J connectivity index is 1.45. The van der Waals surface area contributed by atoms with E-state index in [-0.39, 0.29) is 17.2 Å². The first-order valence-electron chi connectivity index (χ1n) is 11.3. The van der Waals surface area contributed by atoms with Crippen LogP contribution >= 0.6 is 0 Å². The molecule has 0 spiro atoms. The number of nitrogens with one attached hydrogen (secondary N) is 2. The maximum absolute atomic E-state index is 12.6. The van der Waals surface area contributed by atoms with Crippen LogP contribution in [0.25, 0.3) is 0 Å². The lowest BCUT2D eigenvalue weighted by molar-refractivity contribution is -0.116. The highest BCUT2D eigenvalue weighted by Gasteiger charge is 2.17. The number of amides is 1. The highest BCUT2D eigenvalue weighted by atomic mass is 32.2. The third kappa shape index (κ3) is 7.78. The maximum Gasteiger partial charge on any atom is 0.262 e. The molecule has 9 heteroatoms. The van der Waals surface area contributed by atoms with Gasteiger partial charge in [0, 0.05) is 25.1 Å². The maximum atomic E-state index is 12.6. The quantitative estimate of drug-likeness (QED) is 0.505. The number of benzene rings is 2. The Morgan fingerprint density at radius 3 is 2.45 bits per heavy atom. The van der Waals surface area contributed by atoms with Crippen molar-refractivity contribution in [2.45, 2.75) is 50.3 Å². The molecule has 0 unspecified atom stereocenters. The van der Waals surface area contributed by atoms with Crippen molar-refractivity contribution < 1.29 is 22.7 Å². The molecule has 0 saturated carbocycles. The van der Waals surface area contributed by atoms with Crippen molar-refractivity contribution in [2.75, 3.05) is 25.1 Å². The van der Waals surface area contributed by atoms with Gasteiger partial charge in [0.15, 0.2) is 11.5 Å². The third-order valence-corrected chi connectivity index (χ3v) is 6.43. The Bertz CT molecular complexity index is 1050. The van der Waals surface area contributed by atoms with E-state index < -0.39 is 10.0 Å². The normalized spacial score (nSPS) is 14.0. The van der Waals surface area contributed by atoms with Gasteiger partial charge < -0.3 is 14.8 Å². The molecule has 178 valence electrons. The number of amidine groups is 1. The van der Waals surface area contributed by atoms with Gasteiger partial charge in [0.05, 0.1) is 18.1 Å². The highest BCUT2D eigenvalue weighted by molar-refractivity contribution is 7.90. The number of ether oxygens (including phenoxy) is 2. The van der Waals surface area contributed by atoms with Crippen molar-refractivity contribution in [3.63, 3.8) is 0 Å². The summed E-state index contributed by atoms with van der Waals surface area (Å²) in [5.74, 6) is 1.68. The van der Waals surface area contributed by atoms with Gasteiger partial charge in [0.2, 0.25) is 5.91 Å². The predicted molar refractivity (Wildman–Crippen MR) is 129 cm³/mol. The minimum Gasteiger partial charge on any atom is -0.490 e. The molecule has 8 nitrogen and oxygen atoms in total. The van der Waals surface area contributed by atoms with Crippen LogP contribution in [0.3, 0.4) is 0 Å². The fourth-order valence-electron chi connectivity index (χ4n) is 3.37. The van der Waals surface area contributed by atoms with E-state index in [4.69, 9.17) is 9.47 Å². The molecular weight excluding hydrogens is 442 g/mol. The molecule has 1 heterocycles. The summed E-state index contributed by atoms with van der Waals surface area (Å²) >= 11 is 0. The molecule has 0 atom stereocenters. The van der Waals surface area contributed by atoms with Gasteiger partial charge in [0.25, 0.3) is 10.0 Å². The number of carbonyl (C=O) groups is 1. The van der Waals surface area contributed by atoms with Gasteiger partial charge in [-0.15, -0.1) is 0 Å². The number of anilines is 1. The number of aliphatic imine (C=N–C) groups is 1. The van der Waals surface area contributed by atoms with Gasteiger partial charge in [-0.3, -0.25) is 14.5 Å². The van der Waals surface area contributed by atoms with Crippen molar-refractivity contribution in [1.82, 2.24) is 4.72 Å². The summed E-state index contributed by atoms with van der Waals surface area (Å²) in [5.41, 5.74) is 0.536. The first-order chi connectivity index (χ1) is 16.0. The van der Waals surface area contributed by atoms with Gasteiger partial charge in [0.1, 0.15) is 5.84 Å². The summed E-state index contributed by atoms with van der Waals surface area (Å²) < 4.78 is 39.0. The Hall–Kier alpha value is -3.07. The summed E-state index contributed by atoms with van der Waals surface area (Å²) in [6.45, 7) is 3.48. The topological polar surface area (TPSA) is 106 Å². The fourth-order valence-corrected chi connectivity index (χ4v) is 4.46. The van der Waals surface area contributed by atoms with Gasteiger partial charge in [-0.2, -0.15) is 0 Å². The highest BCUT2D eigenvalue weighted by Crippen LogP contribution is 2.26. The van der Waals surface area contributed by atoms with Crippen LogP contribution in [-0.2, 0) is 14.8 Å². The van der Waals surface area contributed by atoms with Crippen LogP contribution in [-0.4, -0.2) is 39.9 Å². The number of carbonyl (C=O) groups excluding carboxylic acids is 1. The largest absolute Gasteiger partial charge is 0.490 e. The van der Waals surface area contributed by atoms with Crippen molar-refractivity contribution >= 4 is 27.5 Å². The van der Waals surface area contributed by atoms with Crippen LogP contribution < -0.4 is 19.5 Å². The summed E-state index contributed by atoms with van der Waals surface area (Å²) in [5, 5.41) is 2.78. The first-order valence-corrected chi connectivity index (χ1v) is 12.8. The zero-order chi connectivity index (χ0) is 23.5. The Morgan fingerprint density at radius 1 is 1.00 bits per heavy atom. The van der Waals surface area contributed by atoms with Gasteiger partial charge in [-0.1, -0.05) is 18.6 Å². The molecule has 2 aromatic carbocycles. The number of nitrogens with zero attached hydrogens (tertiary/aromatic N) is 1. The minimum absolute atomic E-state index is 0.133. The van der Waals surface area contributed by atoms with Crippen LogP contribution in [0.1, 0.15) is 45.4 Å². The number of hydrogen-bond donors (Lipinski definition) is 2. The van der Waals surface area contributed by atoms with E-state index in [1.807, 2.05) is 31.2 Å². The van der Waals surface area contributed by atoms with Crippen molar-refractivity contribution in [2.24, 2.45) is 4.99 Å². The molecule has 2 N–H and O–H groups in total. The van der Waals surface area contributed by atoms with Crippen LogP contribution in [0, 0.1) is 0 Å². The monoisotopic (exact) mass is 473 g/mol. The van der Waals surface area contributed by atoms with E-state index in [9.17, 15) is 13.2 Å². The lowest BCUT2D eigenvalue weighted by Crippen LogP contribution is -2.30. The standard InChI is InChI=1S/C24H31N3O5S/c1-2-31-21-9-5-6-10-22(21)32-18-8-12-24(28)26-19-13-15-20(16-14-19)33(29,30)27-23-11-4-3-7-17-25-23/h5-6,9-10,13-16H,2-4,7-8,11-12,17-18H2,1H3,(H,25,27)(H,26,28). The van der Waals surface area contributed by atoms with Crippen LogP contribution in [0.2, 0.25) is 0 Å². The molecule has 0 saturated heterocycles. The first kappa shape index (κ1) is 24.6. The van der Waals surface area contributed by atoms with Crippen LogP contribution in [0.15, 0.2) is 58.4 Å². The number of hydrogen-bond acceptors (Lipinski definition) is 6. The molecule has 0 fully saturated rings. The predicted octanol–water partition coefficient (Wildman–Crippen LogP) is 4.13. The zero-order valence-corrected chi connectivity index (χ0v) is 19.7. The molecule has 1 aliphatic rings. The summed E-state index contributed by atoms with van der Waals surface area (Å²) in [6.07, 6.45) is 4.40. The lowest BCUT2D eigenvalue weighted by atomic mass is 10.2. The second-order valence-electron chi connectivity index (χ2n) is 7.65. The number of sulfonamides is 1. The van der Waals surface area contributed by atoms with E-state index in [2.05, 4.69) is 15.0 Å². The summed E-state index contributed by atoms with van der Waals surface area (Å²) in [7, 11) is -3.69. The number of rotatable bonds is 10. The van der Waals surface area contributed by atoms with Crippen molar-refractivity contribution in [1.29, 1.82) is 0 Å². The molecule has 3 rings (SSSR count). The molecular formula is C24H31N3O5S. The SMILES string of the molecule is CCOc1ccccc1OCCCC(=O)Nc1ccc(S(=O)(=O)NC2=NCCCCC2)cc1. The second kappa shape index (κ2) is 12.2. The average Bonchev–Trinajstić information content (AvgIpc) is 3.06.